The average Bonchev–Trinajstić information content (AvgIpc) is 3.67. The lowest BCUT2D eigenvalue weighted by Crippen LogP contribution is -2.11. The Morgan fingerprint density at radius 2 is 0.625 bits per heavy atom. The van der Waals surface area contributed by atoms with Gasteiger partial charge < -0.3 is 4.90 Å². The van der Waals surface area contributed by atoms with Crippen molar-refractivity contribution in [2.75, 3.05) is 4.90 Å². The van der Waals surface area contributed by atoms with Crippen molar-refractivity contribution in [3.63, 3.8) is 0 Å². The molecule has 0 saturated heterocycles. The van der Waals surface area contributed by atoms with E-state index in [2.05, 4.69) is 229 Å². The van der Waals surface area contributed by atoms with Gasteiger partial charge in [0.25, 0.3) is 0 Å². The Labute approximate surface area is 332 Å². The molecule has 1 heterocycles. The fourth-order valence-corrected chi connectivity index (χ4v) is 9.12. The molecule has 0 saturated carbocycles. The fraction of sp³-hybridized carbons (Fsp3) is 0. The van der Waals surface area contributed by atoms with Crippen LogP contribution in [-0.4, -0.2) is 0 Å². The molecule has 0 fully saturated rings. The maximum Gasteiger partial charge on any atom is 0.0554 e. The fourth-order valence-electron chi connectivity index (χ4n) is 7.85. The third-order valence-electron chi connectivity index (χ3n) is 10.7. The highest BCUT2D eigenvalue weighted by Gasteiger charge is 2.22. The highest BCUT2D eigenvalue weighted by Crippen LogP contribution is 2.49. The maximum absolute atomic E-state index is 2.43. The molecule has 10 rings (SSSR count). The van der Waals surface area contributed by atoms with Gasteiger partial charge in [-0.2, -0.15) is 0 Å². The first-order valence-corrected chi connectivity index (χ1v) is 19.9. The van der Waals surface area contributed by atoms with E-state index >= 15 is 0 Å². The zero-order chi connectivity index (χ0) is 37.3. The summed E-state index contributed by atoms with van der Waals surface area (Å²) in [5.41, 5.74) is 15.4. The Kier molecular flexibility index (Phi) is 8.79. The van der Waals surface area contributed by atoms with Crippen molar-refractivity contribution in [3.05, 3.63) is 224 Å². The van der Waals surface area contributed by atoms with Gasteiger partial charge in [0.1, 0.15) is 0 Å². The molecule has 10 aromatic rings. The first-order valence-electron chi connectivity index (χ1n) is 19.1. The van der Waals surface area contributed by atoms with Gasteiger partial charge in [-0.05, 0) is 86.5 Å². The summed E-state index contributed by atoms with van der Waals surface area (Å²) < 4.78 is 2.58. The van der Waals surface area contributed by atoms with Crippen LogP contribution in [0.25, 0.3) is 75.8 Å². The number of thiophene rings is 1. The van der Waals surface area contributed by atoms with E-state index in [0.717, 1.165) is 17.1 Å². The molecule has 56 heavy (non-hydrogen) atoms. The van der Waals surface area contributed by atoms with Crippen LogP contribution in [0.3, 0.4) is 0 Å². The highest BCUT2D eigenvalue weighted by molar-refractivity contribution is 7.26. The third-order valence-corrected chi connectivity index (χ3v) is 11.9. The van der Waals surface area contributed by atoms with Crippen LogP contribution in [0, 0.1) is 0 Å². The van der Waals surface area contributed by atoms with Crippen LogP contribution in [-0.2, 0) is 0 Å². The Hall–Kier alpha value is -7.00. The van der Waals surface area contributed by atoms with Gasteiger partial charge in [-0.1, -0.05) is 188 Å². The molecule has 0 atom stereocenters. The highest BCUT2D eigenvalue weighted by atomic mass is 32.1. The largest absolute Gasteiger partial charge is 0.310 e. The predicted octanol–water partition coefficient (Wildman–Crippen LogP) is 15.9. The summed E-state index contributed by atoms with van der Waals surface area (Å²) in [6.45, 7) is 0. The van der Waals surface area contributed by atoms with Crippen molar-refractivity contribution in [1.82, 2.24) is 0 Å². The Balaban J connectivity index is 1.13. The molecular formula is C54H37NS. The molecule has 2 heteroatoms. The van der Waals surface area contributed by atoms with E-state index in [1.807, 2.05) is 11.3 Å². The number of rotatable bonds is 8. The zero-order valence-electron chi connectivity index (χ0n) is 30.7. The zero-order valence-corrected chi connectivity index (χ0v) is 31.5. The Bertz CT molecular complexity index is 2900. The molecule has 0 radical (unpaired) electrons. The smallest absolute Gasteiger partial charge is 0.0554 e. The number of anilines is 3. The number of benzene rings is 9. The number of hydrogen-bond donors (Lipinski definition) is 0. The molecule has 0 unspecified atom stereocenters. The van der Waals surface area contributed by atoms with Crippen molar-refractivity contribution in [2.24, 2.45) is 0 Å². The van der Waals surface area contributed by atoms with Gasteiger partial charge in [0.15, 0.2) is 0 Å². The van der Waals surface area contributed by atoms with Crippen molar-refractivity contribution in [3.8, 4) is 55.6 Å². The normalized spacial score (nSPS) is 11.2. The summed E-state index contributed by atoms with van der Waals surface area (Å²) in [7, 11) is 0. The molecule has 264 valence electrons. The van der Waals surface area contributed by atoms with Crippen LogP contribution in [0.5, 0.6) is 0 Å². The number of nitrogens with zero attached hydrogens (tertiary/aromatic N) is 1. The molecule has 0 bridgehead atoms. The van der Waals surface area contributed by atoms with Gasteiger partial charge >= 0.3 is 0 Å². The first-order chi connectivity index (χ1) is 27.8. The molecule has 0 N–H and O–H groups in total. The minimum atomic E-state index is 1.10. The van der Waals surface area contributed by atoms with E-state index in [1.54, 1.807) is 0 Å². The molecule has 0 aliphatic heterocycles. The Morgan fingerprint density at radius 1 is 0.268 bits per heavy atom. The van der Waals surface area contributed by atoms with E-state index in [0.29, 0.717) is 0 Å². The molecule has 0 amide bonds. The van der Waals surface area contributed by atoms with E-state index in [4.69, 9.17) is 0 Å². The molecule has 1 nitrogen and oxygen atoms in total. The van der Waals surface area contributed by atoms with Gasteiger partial charge in [-0.15, -0.1) is 11.3 Å². The Morgan fingerprint density at radius 3 is 1.07 bits per heavy atom. The summed E-state index contributed by atoms with van der Waals surface area (Å²) >= 11 is 1.88. The maximum atomic E-state index is 2.43. The number of fused-ring (bicyclic) bond motifs is 3. The standard InChI is InChI=1S/C54H37NS/c1-4-12-38(13-5-1)41-20-22-43(23-21-41)45-30-34-48(35-31-45)55(47-32-28-44(29-33-47)40-16-8-3-9-17-40)51-37-36-50-49-18-10-11-19-52(49)56-54(50)53(51)46-26-24-42(25-27-46)39-14-6-2-7-15-39/h1-37H. The van der Waals surface area contributed by atoms with Crippen LogP contribution in [0.2, 0.25) is 0 Å². The van der Waals surface area contributed by atoms with Crippen molar-refractivity contribution < 1.29 is 0 Å². The quantitative estimate of drug-likeness (QED) is 0.150. The second-order valence-corrected chi connectivity index (χ2v) is 15.2. The van der Waals surface area contributed by atoms with Crippen LogP contribution in [0.15, 0.2) is 224 Å². The van der Waals surface area contributed by atoms with Crippen molar-refractivity contribution in [1.29, 1.82) is 0 Å². The topological polar surface area (TPSA) is 3.24 Å². The molecule has 0 aliphatic carbocycles. The summed E-state index contributed by atoms with van der Waals surface area (Å²) in [4.78, 5) is 2.43. The van der Waals surface area contributed by atoms with Crippen LogP contribution in [0.1, 0.15) is 0 Å². The monoisotopic (exact) mass is 731 g/mol. The van der Waals surface area contributed by atoms with E-state index < -0.39 is 0 Å². The number of hydrogen-bond acceptors (Lipinski definition) is 2. The van der Waals surface area contributed by atoms with Gasteiger partial charge in [0, 0.05) is 37.1 Å². The van der Waals surface area contributed by atoms with E-state index in [9.17, 15) is 0 Å². The molecule has 9 aromatic carbocycles. The second kappa shape index (κ2) is 14.7. The van der Waals surface area contributed by atoms with Crippen LogP contribution >= 0.6 is 11.3 Å². The van der Waals surface area contributed by atoms with E-state index in [1.165, 1.54) is 75.8 Å². The summed E-state index contributed by atoms with van der Waals surface area (Å²) in [6.07, 6.45) is 0. The third kappa shape index (κ3) is 6.36. The van der Waals surface area contributed by atoms with Crippen molar-refractivity contribution in [2.45, 2.75) is 0 Å². The first kappa shape index (κ1) is 33.6. The van der Waals surface area contributed by atoms with Gasteiger partial charge in [-0.3, -0.25) is 0 Å². The minimum absolute atomic E-state index is 1.10. The van der Waals surface area contributed by atoms with E-state index in [-0.39, 0.29) is 0 Å². The van der Waals surface area contributed by atoms with Crippen LogP contribution in [0.4, 0.5) is 17.1 Å². The lowest BCUT2D eigenvalue weighted by molar-refractivity contribution is 1.29. The summed E-state index contributed by atoms with van der Waals surface area (Å²) in [5, 5.41) is 2.58. The lowest BCUT2D eigenvalue weighted by Gasteiger charge is -2.29. The SMILES string of the molecule is c1ccc(-c2ccc(-c3ccc(N(c4ccc(-c5ccccc5)cc4)c4ccc5c(sc6ccccc65)c4-c4ccc(-c5ccccc5)cc4)cc3)cc2)cc1. The van der Waals surface area contributed by atoms with Crippen LogP contribution < -0.4 is 4.90 Å². The van der Waals surface area contributed by atoms with Gasteiger partial charge in [0.2, 0.25) is 0 Å². The predicted molar refractivity (Wildman–Crippen MR) is 241 cm³/mol. The lowest BCUT2D eigenvalue weighted by atomic mass is 9.96. The average molecular weight is 732 g/mol. The minimum Gasteiger partial charge on any atom is -0.310 e. The van der Waals surface area contributed by atoms with Gasteiger partial charge in [-0.25, -0.2) is 0 Å². The van der Waals surface area contributed by atoms with Crippen molar-refractivity contribution >= 4 is 48.6 Å². The molecule has 0 spiro atoms. The summed E-state index contributed by atoms with van der Waals surface area (Å²) in [5.74, 6) is 0. The summed E-state index contributed by atoms with van der Waals surface area (Å²) in [6, 6.07) is 81.3. The second-order valence-electron chi connectivity index (χ2n) is 14.1. The molecule has 0 aliphatic rings. The van der Waals surface area contributed by atoms with Gasteiger partial charge in [0.05, 0.1) is 5.69 Å². The molecule has 1 aromatic heterocycles. The molecular weight excluding hydrogens is 695 g/mol.